The molecule has 0 fully saturated rings. The largest absolute Gasteiger partial charge is 0.484 e. The topological polar surface area (TPSA) is 35.2 Å². The molecule has 2 nitrogen and oxygen atoms in total. The van der Waals surface area contributed by atoms with Crippen LogP contribution in [0.15, 0.2) is 42.5 Å². The van der Waals surface area contributed by atoms with Crippen LogP contribution in [0.2, 0.25) is 5.02 Å². The summed E-state index contributed by atoms with van der Waals surface area (Å²) in [6.07, 6.45) is 0.217. The van der Waals surface area contributed by atoms with Gasteiger partial charge in [0, 0.05) is 17.1 Å². The van der Waals surface area contributed by atoms with Gasteiger partial charge in [0.15, 0.2) is 11.6 Å². The van der Waals surface area contributed by atoms with E-state index in [1.165, 1.54) is 6.07 Å². The summed E-state index contributed by atoms with van der Waals surface area (Å²) in [5, 5.41) is 0.607. The molecule has 2 atom stereocenters. The molecule has 0 aliphatic carbocycles. The first kappa shape index (κ1) is 15.7. The molecule has 2 aromatic carbocycles. The van der Waals surface area contributed by atoms with Crippen molar-refractivity contribution in [3.63, 3.8) is 0 Å². The van der Waals surface area contributed by atoms with Crippen LogP contribution in [0.4, 0.5) is 8.78 Å². The van der Waals surface area contributed by atoms with Crippen LogP contribution in [-0.2, 0) is 0 Å². The van der Waals surface area contributed by atoms with E-state index in [1.807, 2.05) is 19.1 Å². The van der Waals surface area contributed by atoms with E-state index < -0.39 is 17.7 Å². The van der Waals surface area contributed by atoms with E-state index in [0.717, 1.165) is 17.7 Å². The SMILES string of the molecule is CCC(N)C(Oc1ccc(F)c(F)c1)c1ccc(Cl)cc1. The molecule has 2 aromatic rings. The standard InChI is InChI=1S/C16H16ClF2NO/c1-2-15(20)16(10-3-5-11(17)6-4-10)21-12-7-8-13(18)14(19)9-12/h3-9,15-16H,2,20H2,1H3. The van der Waals surface area contributed by atoms with Crippen molar-refractivity contribution in [3.05, 3.63) is 64.7 Å². The van der Waals surface area contributed by atoms with Crippen molar-refractivity contribution in [1.29, 1.82) is 0 Å². The van der Waals surface area contributed by atoms with Crippen molar-refractivity contribution in [2.75, 3.05) is 0 Å². The van der Waals surface area contributed by atoms with Gasteiger partial charge >= 0.3 is 0 Å². The van der Waals surface area contributed by atoms with Gasteiger partial charge in [-0.25, -0.2) is 8.78 Å². The number of hydrogen-bond acceptors (Lipinski definition) is 2. The molecule has 0 aromatic heterocycles. The van der Waals surface area contributed by atoms with Crippen molar-refractivity contribution in [2.45, 2.75) is 25.5 Å². The molecule has 2 unspecified atom stereocenters. The molecular weight excluding hydrogens is 296 g/mol. The number of halogens is 3. The fourth-order valence-corrected chi connectivity index (χ4v) is 2.09. The second-order valence-electron chi connectivity index (χ2n) is 4.74. The van der Waals surface area contributed by atoms with E-state index in [9.17, 15) is 8.78 Å². The molecule has 0 heterocycles. The van der Waals surface area contributed by atoms with Crippen molar-refractivity contribution in [1.82, 2.24) is 0 Å². The third kappa shape index (κ3) is 3.93. The Morgan fingerprint density at radius 3 is 2.33 bits per heavy atom. The van der Waals surface area contributed by atoms with Crippen molar-refractivity contribution in [2.24, 2.45) is 5.73 Å². The first-order chi connectivity index (χ1) is 10.0. The van der Waals surface area contributed by atoms with E-state index in [2.05, 4.69) is 0 Å². The summed E-state index contributed by atoms with van der Waals surface area (Å²) in [6.45, 7) is 1.93. The summed E-state index contributed by atoms with van der Waals surface area (Å²) in [7, 11) is 0. The lowest BCUT2D eigenvalue weighted by Crippen LogP contribution is -2.31. The molecule has 0 aliphatic heterocycles. The second kappa shape index (κ2) is 6.87. The van der Waals surface area contributed by atoms with Gasteiger partial charge in [0.2, 0.25) is 0 Å². The Kier molecular flexibility index (Phi) is 5.15. The number of ether oxygens (including phenoxy) is 1. The molecule has 0 spiro atoms. The van der Waals surface area contributed by atoms with Gasteiger partial charge in [-0.1, -0.05) is 30.7 Å². The molecule has 0 saturated carbocycles. The highest BCUT2D eigenvalue weighted by atomic mass is 35.5. The molecular formula is C16H16ClF2NO. The summed E-state index contributed by atoms with van der Waals surface area (Å²) in [6, 6.07) is 10.2. The zero-order valence-corrected chi connectivity index (χ0v) is 12.3. The van der Waals surface area contributed by atoms with Crippen molar-refractivity contribution < 1.29 is 13.5 Å². The maximum absolute atomic E-state index is 13.3. The van der Waals surface area contributed by atoms with Crippen LogP contribution in [0.25, 0.3) is 0 Å². The van der Waals surface area contributed by atoms with E-state index in [4.69, 9.17) is 22.1 Å². The molecule has 0 bridgehead atoms. The zero-order valence-electron chi connectivity index (χ0n) is 11.5. The molecule has 21 heavy (non-hydrogen) atoms. The molecule has 2 N–H and O–H groups in total. The quantitative estimate of drug-likeness (QED) is 0.884. The number of hydrogen-bond donors (Lipinski definition) is 1. The fourth-order valence-electron chi connectivity index (χ4n) is 1.97. The van der Waals surface area contributed by atoms with Gasteiger partial charge in [-0.15, -0.1) is 0 Å². The summed E-state index contributed by atoms with van der Waals surface area (Å²) in [5.74, 6) is -1.63. The predicted octanol–water partition coefficient (Wildman–Crippen LogP) is 4.48. The van der Waals surface area contributed by atoms with E-state index in [-0.39, 0.29) is 11.8 Å². The zero-order chi connectivity index (χ0) is 15.4. The summed E-state index contributed by atoms with van der Waals surface area (Å²) < 4.78 is 32.0. The van der Waals surface area contributed by atoms with Gasteiger partial charge in [-0.05, 0) is 36.2 Å². The van der Waals surface area contributed by atoms with E-state index in [1.54, 1.807) is 12.1 Å². The normalized spacial score (nSPS) is 13.8. The molecule has 0 radical (unpaired) electrons. The summed E-state index contributed by atoms with van der Waals surface area (Å²) >= 11 is 5.86. The highest BCUT2D eigenvalue weighted by Gasteiger charge is 2.21. The monoisotopic (exact) mass is 311 g/mol. The first-order valence-corrected chi connectivity index (χ1v) is 7.01. The highest BCUT2D eigenvalue weighted by molar-refractivity contribution is 6.30. The van der Waals surface area contributed by atoms with Crippen LogP contribution in [0, 0.1) is 11.6 Å². The Morgan fingerprint density at radius 1 is 1.10 bits per heavy atom. The molecule has 112 valence electrons. The predicted molar refractivity (Wildman–Crippen MR) is 79.4 cm³/mol. The van der Waals surface area contributed by atoms with Crippen LogP contribution >= 0.6 is 11.6 Å². The Labute approximate surface area is 127 Å². The maximum Gasteiger partial charge on any atom is 0.162 e. The number of rotatable bonds is 5. The Hall–Kier alpha value is -1.65. The van der Waals surface area contributed by atoms with Gasteiger partial charge in [-0.2, -0.15) is 0 Å². The van der Waals surface area contributed by atoms with Gasteiger partial charge in [0.1, 0.15) is 11.9 Å². The lowest BCUT2D eigenvalue weighted by molar-refractivity contribution is 0.170. The average molecular weight is 312 g/mol. The minimum atomic E-state index is -0.951. The van der Waals surface area contributed by atoms with Crippen LogP contribution in [0.3, 0.4) is 0 Å². The third-order valence-electron chi connectivity index (χ3n) is 3.21. The van der Waals surface area contributed by atoms with Crippen LogP contribution < -0.4 is 10.5 Å². The molecule has 5 heteroatoms. The van der Waals surface area contributed by atoms with Crippen molar-refractivity contribution >= 4 is 11.6 Å². The van der Waals surface area contributed by atoms with Gasteiger partial charge in [-0.3, -0.25) is 0 Å². The van der Waals surface area contributed by atoms with Gasteiger partial charge in [0.05, 0.1) is 0 Å². The van der Waals surface area contributed by atoms with E-state index >= 15 is 0 Å². The minimum absolute atomic E-state index is 0.234. The Morgan fingerprint density at radius 2 is 1.76 bits per heavy atom. The Bertz CT molecular complexity index is 604. The minimum Gasteiger partial charge on any atom is -0.484 e. The third-order valence-corrected chi connectivity index (χ3v) is 3.46. The smallest absolute Gasteiger partial charge is 0.162 e. The maximum atomic E-state index is 13.3. The molecule has 0 amide bonds. The van der Waals surface area contributed by atoms with Crippen LogP contribution in [-0.4, -0.2) is 6.04 Å². The average Bonchev–Trinajstić information content (AvgIpc) is 2.48. The highest BCUT2D eigenvalue weighted by Crippen LogP contribution is 2.27. The van der Waals surface area contributed by atoms with E-state index in [0.29, 0.717) is 11.4 Å². The first-order valence-electron chi connectivity index (χ1n) is 6.64. The second-order valence-corrected chi connectivity index (χ2v) is 5.17. The molecule has 0 aliphatic rings. The lowest BCUT2D eigenvalue weighted by atomic mass is 10.0. The molecule has 2 rings (SSSR count). The van der Waals surface area contributed by atoms with Crippen LogP contribution in [0.1, 0.15) is 25.0 Å². The van der Waals surface area contributed by atoms with Gasteiger partial charge in [0.25, 0.3) is 0 Å². The van der Waals surface area contributed by atoms with Crippen LogP contribution in [0.5, 0.6) is 5.75 Å². The van der Waals surface area contributed by atoms with Crippen molar-refractivity contribution in [3.8, 4) is 5.75 Å². The fraction of sp³-hybridized carbons (Fsp3) is 0.250. The number of nitrogens with two attached hydrogens (primary N) is 1. The summed E-state index contributed by atoms with van der Waals surface area (Å²) in [5.41, 5.74) is 6.91. The number of benzene rings is 2. The lowest BCUT2D eigenvalue weighted by Gasteiger charge is -2.25. The van der Waals surface area contributed by atoms with Gasteiger partial charge < -0.3 is 10.5 Å². The summed E-state index contributed by atoms with van der Waals surface area (Å²) in [4.78, 5) is 0. The Balaban J connectivity index is 2.28. The molecule has 0 saturated heterocycles.